The van der Waals surface area contributed by atoms with Crippen molar-refractivity contribution < 1.29 is 14.3 Å². The monoisotopic (exact) mass is 370 g/mol. The van der Waals surface area contributed by atoms with Crippen LogP contribution in [0.4, 0.5) is 0 Å². The first kappa shape index (κ1) is 18.1. The van der Waals surface area contributed by atoms with Crippen LogP contribution in [0.1, 0.15) is 17.4 Å². The van der Waals surface area contributed by atoms with E-state index in [0.29, 0.717) is 13.2 Å². The van der Waals surface area contributed by atoms with Gasteiger partial charge in [0, 0.05) is 41.1 Å². The van der Waals surface area contributed by atoms with E-state index in [1.54, 1.807) is 24.5 Å². The van der Waals surface area contributed by atoms with E-state index in [2.05, 4.69) is 10.3 Å². The van der Waals surface area contributed by atoms with Crippen molar-refractivity contribution in [1.29, 1.82) is 0 Å². The minimum atomic E-state index is -0.114. The Balaban J connectivity index is 1.57. The third-order valence-electron chi connectivity index (χ3n) is 4.00. The lowest BCUT2D eigenvalue weighted by Crippen LogP contribution is -2.23. The zero-order chi connectivity index (χ0) is 18.4. The first-order chi connectivity index (χ1) is 12.7. The molecule has 136 valence electrons. The summed E-state index contributed by atoms with van der Waals surface area (Å²) in [5.41, 5.74) is 1.88. The van der Waals surface area contributed by atoms with Crippen molar-refractivity contribution in [3.05, 3.63) is 52.4 Å². The molecule has 0 spiro atoms. The summed E-state index contributed by atoms with van der Waals surface area (Å²) >= 11 is 1.65. The summed E-state index contributed by atoms with van der Waals surface area (Å²) in [7, 11) is 1.64. The number of fused-ring (bicyclic) bond motifs is 1. The molecule has 0 fully saturated rings. The molecule has 5 nitrogen and oxygen atoms in total. The van der Waals surface area contributed by atoms with E-state index in [0.717, 1.165) is 39.3 Å². The van der Waals surface area contributed by atoms with Crippen molar-refractivity contribution in [3.63, 3.8) is 0 Å². The predicted molar refractivity (Wildman–Crippen MR) is 106 cm³/mol. The van der Waals surface area contributed by atoms with Gasteiger partial charge in [-0.15, -0.1) is 11.3 Å². The van der Waals surface area contributed by atoms with Crippen LogP contribution in [0, 0.1) is 0 Å². The molecule has 0 saturated carbocycles. The lowest BCUT2D eigenvalue weighted by atomic mass is 10.1. The molecule has 0 saturated heterocycles. The molecule has 0 radical (unpaired) electrons. The van der Waals surface area contributed by atoms with Gasteiger partial charge in [0.25, 0.3) is 0 Å². The molecule has 0 atom stereocenters. The van der Waals surface area contributed by atoms with Crippen molar-refractivity contribution in [2.24, 2.45) is 0 Å². The van der Waals surface area contributed by atoms with Gasteiger partial charge in [-0.1, -0.05) is 12.1 Å². The number of aromatic amines is 1. The zero-order valence-electron chi connectivity index (χ0n) is 14.9. The molecule has 1 amide bonds. The van der Waals surface area contributed by atoms with Crippen molar-refractivity contribution in [1.82, 2.24) is 10.3 Å². The normalized spacial score (nSPS) is 11.2. The average Bonchev–Trinajstić information content (AvgIpc) is 3.27. The number of aromatic nitrogens is 1. The number of ether oxygens (including phenoxy) is 2. The second-order valence-electron chi connectivity index (χ2n) is 5.64. The Morgan fingerprint density at radius 2 is 2.19 bits per heavy atom. The van der Waals surface area contributed by atoms with Crippen LogP contribution in [-0.4, -0.2) is 31.2 Å². The van der Waals surface area contributed by atoms with Gasteiger partial charge >= 0.3 is 0 Å². The maximum Gasteiger partial charge on any atom is 0.244 e. The summed E-state index contributed by atoms with van der Waals surface area (Å²) in [5.74, 6) is 1.58. The summed E-state index contributed by atoms with van der Waals surface area (Å²) in [6.07, 6.45) is 6.00. The fraction of sp³-hybridized carbons (Fsp3) is 0.250. The van der Waals surface area contributed by atoms with Gasteiger partial charge in [-0.05, 0) is 30.5 Å². The number of carbonyl (C=O) groups is 1. The van der Waals surface area contributed by atoms with Gasteiger partial charge in [0.05, 0.1) is 19.2 Å². The Kier molecular flexibility index (Phi) is 5.96. The minimum absolute atomic E-state index is 0.114. The fourth-order valence-electron chi connectivity index (χ4n) is 2.78. The number of amides is 1. The molecule has 0 aliphatic rings. The molecular weight excluding hydrogens is 348 g/mol. The Morgan fingerprint density at radius 3 is 3.00 bits per heavy atom. The highest BCUT2D eigenvalue weighted by Gasteiger charge is 2.07. The highest BCUT2D eigenvalue weighted by molar-refractivity contribution is 7.10. The van der Waals surface area contributed by atoms with Crippen molar-refractivity contribution in [3.8, 4) is 11.5 Å². The summed E-state index contributed by atoms with van der Waals surface area (Å²) in [6, 6.07) is 7.80. The number of hydrogen-bond acceptors (Lipinski definition) is 4. The van der Waals surface area contributed by atoms with Gasteiger partial charge in [0.1, 0.15) is 11.5 Å². The van der Waals surface area contributed by atoms with E-state index in [9.17, 15) is 4.79 Å². The SMILES string of the molecule is CCOc1ccsc1CCNC(=O)/C=C/c1c[nH]c2c(OC)cccc12. The van der Waals surface area contributed by atoms with Crippen LogP contribution in [0.3, 0.4) is 0 Å². The number of rotatable bonds is 8. The largest absolute Gasteiger partial charge is 0.495 e. The third-order valence-corrected chi connectivity index (χ3v) is 4.96. The summed E-state index contributed by atoms with van der Waals surface area (Å²) in [6.45, 7) is 3.19. The van der Waals surface area contributed by atoms with Gasteiger partial charge in [0.15, 0.2) is 0 Å². The van der Waals surface area contributed by atoms with Crippen molar-refractivity contribution >= 4 is 34.2 Å². The Labute approximate surface area is 156 Å². The number of para-hydroxylation sites is 1. The van der Waals surface area contributed by atoms with Gasteiger partial charge in [-0.25, -0.2) is 0 Å². The number of benzene rings is 1. The smallest absolute Gasteiger partial charge is 0.244 e. The van der Waals surface area contributed by atoms with E-state index >= 15 is 0 Å². The van der Waals surface area contributed by atoms with Gasteiger partial charge in [0.2, 0.25) is 5.91 Å². The average molecular weight is 370 g/mol. The second kappa shape index (κ2) is 8.58. The maximum absolute atomic E-state index is 12.1. The van der Waals surface area contributed by atoms with Crippen LogP contribution >= 0.6 is 11.3 Å². The molecule has 0 unspecified atom stereocenters. The molecule has 2 aromatic heterocycles. The fourth-order valence-corrected chi connectivity index (χ4v) is 3.59. The number of hydrogen-bond donors (Lipinski definition) is 2. The first-order valence-corrected chi connectivity index (χ1v) is 9.40. The summed E-state index contributed by atoms with van der Waals surface area (Å²) in [4.78, 5) is 16.4. The number of carbonyl (C=O) groups excluding carboxylic acids is 1. The topological polar surface area (TPSA) is 63.3 Å². The Morgan fingerprint density at radius 1 is 1.31 bits per heavy atom. The number of nitrogens with one attached hydrogen (secondary N) is 2. The van der Waals surface area contributed by atoms with E-state index in [1.165, 1.54) is 0 Å². The zero-order valence-corrected chi connectivity index (χ0v) is 15.7. The minimum Gasteiger partial charge on any atom is -0.495 e. The molecule has 2 heterocycles. The lowest BCUT2D eigenvalue weighted by molar-refractivity contribution is -0.116. The van der Waals surface area contributed by atoms with E-state index < -0.39 is 0 Å². The highest BCUT2D eigenvalue weighted by atomic mass is 32.1. The van der Waals surface area contributed by atoms with Crippen LogP contribution in [0.5, 0.6) is 11.5 Å². The molecule has 0 aliphatic heterocycles. The molecule has 26 heavy (non-hydrogen) atoms. The van der Waals surface area contributed by atoms with E-state index in [1.807, 2.05) is 48.8 Å². The van der Waals surface area contributed by atoms with Crippen LogP contribution in [0.2, 0.25) is 0 Å². The summed E-state index contributed by atoms with van der Waals surface area (Å²) in [5, 5.41) is 5.94. The Hall–Kier alpha value is -2.73. The molecule has 3 rings (SSSR count). The summed E-state index contributed by atoms with van der Waals surface area (Å²) < 4.78 is 10.9. The quantitative estimate of drug-likeness (QED) is 0.589. The standard InChI is InChI=1S/C20H22N2O3S/c1-3-25-16-10-12-26-18(16)9-11-21-19(23)8-7-14-13-22-20-15(14)5-4-6-17(20)24-2/h4-8,10,12-13,22H,3,9,11H2,1-2H3,(H,21,23)/b8-7+. The van der Waals surface area contributed by atoms with E-state index in [4.69, 9.17) is 9.47 Å². The van der Waals surface area contributed by atoms with Crippen molar-refractivity contribution in [2.45, 2.75) is 13.3 Å². The molecule has 3 aromatic rings. The van der Waals surface area contributed by atoms with Gasteiger partial charge in [-0.3, -0.25) is 4.79 Å². The van der Waals surface area contributed by atoms with E-state index in [-0.39, 0.29) is 5.91 Å². The lowest BCUT2D eigenvalue weighted by Gasteiger charge is -2.05. The maximum atomic E-state index is 12.1. The van der Waals surface area contributed by atoms with Gasteiger partial charge < -0.3 is 19.8 Å². The second-order valence-corrected chi connectivity index (χ2v) is 6.64. The first-order valence-electron chi connectivity index (χ1n) is 8.52. The number of H-pyrrole nitrogens is 1. The van der Waals surface area contributed by atoms with Gasteiger partial charge in [-0.2, -0.15) is 0 Å². The molecule has 0 bridgehead atoms. The third kappa shape index (κ3) is 4.08. The predicted octanol–water partition coefficient (Wildman–Crippen LogP) is 4.01. The molecule has 0 aliphatic carbocycles. The van der Waals surface area contributed by atoms with Crippen molar-refractivity contribution in [2.75, 3.05) is 20.3 Å². The highest BCUT2D eigenvalue weighted by Crippen LogP contribution is 2.27. The Bertz CT molecular complexity index is 911. The van der Waals surface area contributed by atoms with Crippen LogP contribution in [0.15, 0.2) is 41.9 Å². The molecular formula is C20H22N2O3S. The number of methoxy groups -OCH3 is 1. The van der Waals surface area contributed by atoms with Crippen LogP contribution in [-0.2, 0) is 11.2 Å². The van der Waals surface area contributed by atoms with Crippen LogP contribution in [0.25, 0.3) is 17.0 Å². The molecule has 2 N–H and O–H groups in total. The van der Waals surface area contributed by atoms with Crippen LogP contribution < -0.4 is 14.8 Å². The molecule has 1 aromatic carbocycles. The number of thiophene rings is 1. The molecule has 6 heteroatoms.